The number of benzene rings is 1. The number of H-pyrrole nitrogens is 1. The highest BCUT2D eigenvalue weighted by atomic mass is 32.2. The van der Waals surface area contributed by atoms with Crippen LogP contribution < -0.4 is 5.76 Å². The average molecular weight is 345 g/mol. The number of oxazole rings is 1. The summed E-state index contributed by atoms with van der Waals surface area (Å²) in [5.41, 5.74) is 1.55. The molecule has 1 N–H and O–H groups in total. The molecule has 1 aliphatic rings. The van der Waals surface area contributed by atoms with E-state index in [9.17, 15) is 13.2 Å². The van der Waals surface area contributed by atoms with Crippen molar-refractivity contribution in [1.82, 2.24) is 14.3 Å². The Morgan fingerprint density at radius 3 is 2.83 bits per heavy atom. The third-order valence-electron chi connectivity index (χ3n) is 4.01. The number of rotatable bonds is 5. The summed E-state index contributed by atoms with van der Waals surface area (Å²) >= 11 is 0. The summed E-state index contributed by atoms with van der Waals surface area (Å²) in [4.78, 5) is 17.9. The van der Waals surface area contributed by atoms with Gasteiger partial charge in [0.25, 0.3) is 0 Å². The van der Waals surface area contributed by atoms with Crippen LogP contribution in [0.15, 0.2) is 56.8 Å². The van der Waals surface area contributed by atoms with Gasteiger partial charge in [-0.2, -0.15) is 4.31 Å². The molecule has 7 nitrogen and oxygen atoms in total. The second-order valence-corrected chi connectivity index (χ2v) is 7.71. The van der Waals surface area contributed by atoms with E-state index in [1.54, 1.807) is 24.5 Å². The Kier molecular flexibility index (Phi) is 3.50. The molecule has 3 aromatic rings. The van der Waals surface area contributed by atoms with Crippen molar-refractivity contribution in [3.63, 3.8) is 0 Å². The van der Waals surface area contributed by atoms with Gasteiger partial charge in [-0.1, -0.05) is 6.07 Å². The third kappa shape index (κ3) is 2.74. The largest absolute Gasteiger partial charge is 0.417 e. The van der Waals surface area contributed by atoms with E-state index in [1.165, 1.54) is 16.4 Å². The number of fused-ring (bicyclic) bond motifs is 1. The zero-order valence-corrected chi connectivity index (χ0v) is 13.5. The van der Waals surface area contributed by atoms with Gasteiger partial charge in [0.1, 0.15) is 0 Å². The normalized spacial score (nSPS) is 15.2. The Bertz CT molecular complexity index is 1040. The summed E-state index contributed by atoms with van der Waals surface area (Å²) in [5, 5.41) is 0. The Morgan fingerprint density at radius 2 is 2.12 bits per heavy atom. The van der Waals surface area contributed by atoms with E-state index in [-0.39, 0.29) is 23.1 Å². The molecule has 1 aliphatic carbocycles. The van der Waals surface area contributed by atoms with Gasteiger partial charge in [0, 0.05) is 31.0 Å². The molecular weight excluding hydrogens is 330 g/mol. The first-order valence-corrected chi connectivity index (χ1v) is 9.02. The van der Waals surface area contributed by atoms with Crippen molar-refractivity contribution in [3.05, 3.63) is 58.8 Å². The molecule has 0 unspecified atom stereocenters. The summed E-state index contributed by atoms with van der Waals surface area (Å²) in [6.07, 6.45) is 5.02. The fourth-order valence-electron chi connectivity index (χ4n) is 2.67. The minimum atomic E-state index is -3.69. The molecular formula is C16H15N3O4S. The molecule has 0 amide bonds. The van der Waals surface area contributed by atoms with Gasteiger partial charge >= 0.3 is 5.76 Å². The lowest BCUT2D eigenvalue weighted by molar-refractivity contribution is 0.398. The quantitative estimate of drug-likeness (QED) is 0.761. The summed E-state index contributed by atoms with van der Waals surface area (Å²) < 4.78 is 32.6. The standard InChI is InChI=1S/C16H15N3O4S/c20-16-18-14-6-5-13(8-15(14)23-16)24(21,22)19(12-3-4-12)10-11-2-1-7-17-9-11/h1-2,5-9,12H,3-4,10H2,(H,18,20). The van der Waals surface area contributed by atoms with Gasteiger partial charge in [-0.3, -0.25) is 9.97 Å². The van der Waals surface area contributed by atoms with Crippen LogP contribution in [0.25, 0.3) is 11.1 Å². The molecule has 24 heavy (non-hydrogen) atoms. The molecule has 0 spiro atoms. The van der Waals surface area contributed by atoms with E-state index in [2.05, 4.69) is 9.97 Å². The number of hydrogen-bond donors (Lipinski definition) is 1. The molecule has 1 fully saturated rings. The van der Waals surface area contributed by atoms with Crippen LogP contribution in [0.2, 0.25) is 0 Å². The number of hydrogen-bond acceptors (Lipinski definition) is 5. The van der Waals surface area contributed by atoms with Gasteiger partial charge in [0.05, 0.1) is 10.4 Å². The van der Waals surface area contributed by atoms with Crippen molar-refractivity contribution in [2.24, 2.45) is 0 Å². The van der Waals surface area contributed by atoms with Gasteiger partial charge in [0.15, 0.2) is 5.58 Å². The molecule has 0 atom stereocenters. The lowest BCUT2D eigenvalue weighted by atomic mass is 10.3. The Labute approximate surface area is 138 Å². The minimum absolute atomic E-state index is 0.00383. The van der Waals surface area contributed by atoms with Crippen molar-refractivity contribution in [2.75, 3.05) is 0 Å². The first kappa shape index (κ1) is 15.1. The molecule has 2 aromatic heterocycles. The van der Waals surface area contributed by atoms with E-state index < -0.39 is 15.8 Å². The fraction of sp³-hybridized carbons (Fsp3) is 0.250. The van der Waals surface area contributed by atoms with E-state index >= 15 is 0 Å². The molecule has 8 heteroatoms. The average Bonchev–Trinajstić information content (AvgIpc) is 3.33. The van der Waals surface area contributed by atoms with Crippen LogP contribution in [0.1, 0.15) is 18.4 Å². The summed E-state index contributed by atoms with van der Waals surface area (Å²) in [6, 6.07) is 8.06. The van der Waals surface area contributed by atoms with Crippen molar-refractivity contribution >= 4 is 21.1 Å². The first-order chi connectivity index (χ1) is 11.5. The van der Waals surface area contributed by atoms with Crippen molar-refractivity contribution < 1.29 is 12.8 Å². The second kappa shape index (κ2) is 5.57. The zero-order valence-electron chi connectivity index (χ0n) is 12.7. The van der Waals surface area contributed by atoms with Gasteiger partial charge in [0.2, 0.25) is 10.0 Å². The van der Waals surface area contributed by atoms with Crippen molar-refractivity contribution in [3.8, 4) is 0 Å². The Morgan fingerprint density at radius 1 is 1.29 bits per heavy atom. The highest BCUT2D eigenvalue weighted by molar-refractivity contribution is 7.89. The maximum Gasteiger partial charge on any atom is 0.417 e. The molecule has 1 aromatic carbocycles. The third-order valence-corrected chi connectivity index (χ3v) is 5.91. The maximum atomic E-state index is 13.0. The second-order valence-electron chi connectivity index (χ2n) is 5.82. The molecule has 0 aliphatic heterocycles. The molecule has 2 heterocycles. The predicted molar refractivity (Wildman–Crippen MR) is 86.8 cm³/mol. The summed E-state index contributed by atoms with van der Waals surface area (Å²) in [6.45, 7) is 0.274. The van der Waals surface area contributed by atoms with Crippen molar-refractivity contribution in [1.29, 1.82) is 0 Å². The highest BCUT2D eigenvalue weighted by Crippen LogP contribution is 2.34. The summed E-state index contributed by atoms with van der Waals surface area (Å²) in [5.74, 6) is -0.603. The molecule has 124 valence electrons. The van der Waals surface area contributed by atoms with Gasteiger partial charge in [-0.25, -0.2) is 13.2 Å². The van der Waals surface area contributed by atoms with Crippen LogP contribution in [0.3, 0.4) is 0 Å². The number of nitrogens with zero attached hydrogens (tertiary/aromatic N) is 2. The molecule has 0 bridgehead atoms. The zero-order chi connectivity index (χ0) is 16.7. The fourth-order valence-corrected chi connectivity index (χ4v) is 4.36. The lowest BCUT2D eigenvalue weighted by Crippen LogP contribution is -2.32. The topological polar surface area (TPSA) is 96.3 Å². The highest BCUT2D eigenvalue weighted by Gasteiger charge is 2.38. The monoisotopic (exact) mass is 345 g/mol. The van der Waals surface area contributed by atoms with E-state index in [0.717, 1.165) is 18.4 Å². The number of nitrogens with one attached hydrogen (secondary N) is 1. The molecule has 4 rings (SSSR count). The summed E-state index contributed by atoms with van der Waals surface area (Å²) in [7, 11) is -3.69. The lowest BCUT2D eigenvalue weighted by Gasteiger charge is -2.21. The van der Waals surface area contributed by atoms with Crippen LogP contribution in [-0.4, -0.2) is 28.7 Å². The van der Waals surface area contributed by atoms with Crippen LogP contribution in [-0.2, 0) is 16.6 Å². The number of aromatic amines is 1. The van der Waals surface area contributed by atoms with E-state index in [1.807, 2.05) is 6.07 Å². The number of sulfonamides is 1. The number of aromatic nitrogens is 2. The van der Waals surface area contributed by atoms with Gasteiger partial charge < -0.3 is 4.42 Å². The first-order valence-electron chi connectivity index (χ1n) is 7.58. The number of pyridine rings is 1. The van der Waals surface area contributed by atoms with Crippen LogP contribution in [0.4, 0.5) is 0 Å². The maximum absolute atomic E-state index is 13.0. The minimum Gasteiger partial charge on any atom is -0.408 e. The van der Waals surface area contributed by atoms with E-state index in [0.29, 0.717) is 5.52 Å². The molecule has 1 saturated carbocycles. The SMILES string of the molecule is O=c1[nH]c2ccc(S(=O)(=O)N(Cc3cccnc3)C3CC3)cc2o1. The Balaban J connectivity index is 1.73. The van der Waals surface area contributed by atoms with Crippen LogP contribution in [0, 0.1) is 0 Å². The van der Waals surface area contributed by atoms with Crippen LogP contribution in [0.5, 0.6) is 0 Å². The smallest absolute Gasteiger partial charge is 0.408 e. The van der Waals surface area contributed by atoms with Crippen LogP contribution >= 0.6 is 0 Å². The predicted octanol–water partition coefficient (Wildman–Crippen LogP) is 1.87. The van der Waals surface area contributed by atoms with Gasteiger partial charge in [-0.05, 0) is 36.6 Å². The Hall–Kier alpha value is -2.45. The van der Waals surface area contributed by atoms with Crippen molar-refractivity contribution in [2.45, 2.75) is 30.3 Å². The molecule has 0 saturated heterocycles. The molecule has 0 radical (unpaired) electrons. The van der Waals surface area contributed by atoms with E-state index in [4.69, 9.17) is 4.42 Å². The van der Waals surface area contributed by atoms with Gasteiger partial charge in [-0.15, -0.1) is 0 Å².